The van der Waals surface area contributed by atoms with Crippen LogP contribution >= 0.6 is 0 Å². The molecule has 0 atom stereocenters. The van der Waals surface area contributed by atoms with Gasteiger partial charge in [0.05, 0.1) is 0 Å². The lowest BCUT2D eigenvalue weighted by atomic mass is 10.2. The summed E-state index contributed by atoms with van der Waals surface area (Å²) in [6.07, 6.45) is 2.50. The van der Waals surface area contributed by atoms with Crippen LogP contribution < -0.4 is 0 Å². The molecule has 0 bridgehead atoms. The van der Waals surface area contributed by atoms with E-state index in [1.54, 1.807) is 17.0 Å². The molecular formula is C17H19FN2O3. The Kier molecular flexibility index (Phi) is 4.41. The van der Waals surface area contributed by atoms with Crippen molar-refractivity contribution in [1.29, 1.82) is 0 Å². The average molecular weight is 318 g/mol. The van der Waals surface area contributed by atoms with E-state index < -0.39 is 0 Å². The van der Waals surface area contributed by atoms with Gasteiger partial charge in [-0.05, 0) is 30.5 Å². The largest absolute Gasteiger partial charge is 0.335 e. The number of hydrogen-bond donors (Lipinski definition) is 0. The van der Waals surface area contributed by atoms with E-state index in [0.717, 1.165) is 18.4 Å². The van der Waals surface area contributed by atoms with Gasteiger partial charge in [0.1, 0.15) is 5.82 Å². The van der Waals surface area contributed by atoms with Gasteiger partial charge in [0.25, 0.3) is 0 Å². The molecule has 1 aliphatic heterocycles. The van der Waals surface area contributed by atoms with Crippen LogP contribution in [0.25, 0.3) is 0 Å². The van der Waals surface area contributed by atoms with Crippen molar-refractivity contribution < 1.29 is 18.8 Å². The maximum Gasteiger partial charge on any atom is 0.229 e. The topological polar surface area (TPSA) is 57.7 Å². The molecule has 1 aliphatic carbocycles. The van der Waals surface area contributed by atoms with Crippen LogP contribution in [0.3, 0.4) is 0 Å². The molecule has 0 N–H and O–H groups in total. The highest BCUT2D eigenvalue weighted by molar-refractivity contribution is 6.02. The van der Waals surface area contributed by atoms with Crippen LogP contribution in [0.15, 0.2) is 24.3 Å². The molecule has 6 heteroatoms. The summed E-state index contributed by atoms with van der Waals surface area (Å²) in [4.78, 5) is 38.5. The number of hydrogen-bond acceptors (Lipinski definition) is 3. The van der Waals surface area contributed by atoms with Crippen LogP contribution in [-0.4, -0.2) is 40.1 Å². The average Bonchev–Trinajstić information content (AvgIpc) is 3.30. The Morgan fingerprint density at radius 3 is 2.52 bits per heavy atom. The monoisotopic (exact) mass is 318 g/mol. The third-order valence-corrected chi connectivity index (χ3v) is 4.25. The fraction of sp³-hybridized carbons (Fsp3) is 0.471. The highest BCUT2D eigenvalue weighted by atomic mass is 19.1. The first-order valence-electron chi connectivity index (χ1n) is 7.91. The van der Waals surface area contributed by atoms with Gasteiger partial charge in [-0.15, -0.1) is 0 Å². The summed E-state index contributed by atoms with van der Waals surface area (Å²) in [7, 11) is 0. The first-order chi connectivity index (χ1) is 11.0. The van der Waals surface area contributed by atoms with Gasteiger partial charge in [-0.2, -0.15) is 0 Å². The Balaban J connectivity index is 1.61. The first kappa shape index (κ1) is 15.6. The summed E-state index contributed by atoms with van der Waals surface area (Å²) in [6.45, 7) is 0.506. The van der Waals surface area contributed by atoms with E-state index in [9.17, 15) is 18.8 Å². The second-order valence-corrected chi connectivity index (χ2v) is 6.07. The lowest BCUT2D eigenvalue weighted by Gasteiger charge is -2.24. The predicted molar refractivity (Wildman–Crippen MR) is 80.5 cm³/mol. The smallest absolute Gasteiger partial charge is 0.229 e. The van der Waals surface area contributed by atoms with E-state index in [1.165, 1.54) is 17.0 Å². The molecule has 1 saturated heterocycles. The van der Waals surface area contributed by atoms with Crippen LogP contribution in [0, 0.1) is 5.82 Å². The summed E-state index contributed by atoms with van der Waals surface area (Å²) in [5, 5.41) is 0. The highest BCUT2D eigenvalue weighted by Gasteiger charge is 2.34. The standard InChI is InChI=1S/C17H19FN2O3/c18-13-3-1-2-12(10-13)11-20(14-4-5-14)17(23)8-9-19-15(21)6-7-16(19)22/h1-3,10,14H,4-9,11H2. The van der Waals surface area contributed by atoms with Gasteiger partial charge in [-0.25, -0.2) is 4.39 Å². The molecule has 3 rings (SSSR count). The third-order valence-electron chi connectivity index (χ3n) is 4.25. The summed E-state index contributed by atoms with van der Waals surface area (Å²) in [5.41, 5.74) is 0.749. The zero-order chi connectivity index (χ0) is 16.4. The Morgan fingerprint density at radius 1 is 1.22 bits per heavy atom. The van der Waals surface area contributed by atoms with Crippen molar-refractivity contribution in [3.05, 3.63) is 35.6 Å². The van der Waals surface area contributed by atoms with Gasteiger partial charge >= 0.3 is 0 Å². The van der Waals surface area contributed by atoms with Crippen LogP contribution in [-0.2, 0) is 20.9 Å². The molecule has 0 radical (unpaired) electrons. The van der Waals surface area contributed by atoms with E-state index in [-0.39, 0.29) is 55.4 Å². The molecule has 122 valence electrons. The number of halogens is 1. The van der Waals surface area contributed by atoms with Gasteiger partial charge in [0.2, 0.25) is 17.7 Å². The number of imide groups is 1. The van der Waals surface area contributed by atoms with Crippen LogP contribution in [0.2, 0.25) is 0 Å². The zero-order valence-electron chi connectivity index (χ0n) is 12.8. The Bertz CT molecular complexity index is 626. The summed E-state index contributed by atoms with van der Waals surface area (Å²) in [5.74, 6) is -0.819. The van der Waals surface area contributed by atoms with Gasteiger partial charge < -0.3 is 4.90 Å². The lowest BCUT2D eigenvalue weighted by molar-refractivity contribution is -0.139. The third kappa shape index (κ3) is 3.75. The minimum atomic E-state index is -0.320. The quantitative estimate of drug-likeness (QED) is 0.752. The van der Waals surface area contributed by atoms with Gasteiger partial charge in [0.15, 0.2) is 0 Å². The number of carbonyl (C=O) groups is 3. The van der Waals surface area contributed by atoms with Crippen LogP contribution in [0.1, 0.15) is 37.7 Å². The van der Waals surface area contributed by atoms with E-state index in [0.29, 0.717) is 6.54 Å². The lowest BCUT2D eigenvalue weighted by Crippen LogP contribution is -2.37. The summed E-state index contributed by atoms with van der Waals surface area (Å²) < 4.78 is 13.3. The van der Waals surface area contributed by atoms with Crippen molar-refractivity contribution in [2.24, 2.45) is 0 Å². The van der Waals surface area contributed by atoms with E-state index in [4.69, 9.17) is 0 Å². The number of benzene rings is 1. The number of likely N-dealkylation sites (tertiary alicyclic amines) is 1. The second kappa shape index (κ2) is 6.48. The van der Waals surface area contributed by atoms with Gasteiger partial charge in [-0.3, -0.25) is 19.3 Å². The number of rotatable bonds is 6. The molecule has 0 spiro atoms. The molecule has 3 amide bonds. The van der Waals surface area contributed by atoms with E-state index in [1.807, 2.05) is 0 Å². The molecule has 5 nitrogen and oxygen atoms in total. The summed E-state index contributed by atoms with van der Waals surface area (Å²) in [6, 6.07) is 6.41. The molecule has 1 aromatic rings. The number of nitrogens with zero attached hydrogens (tertiary/aromatic N) is 2. The number of carbonyl (C=O) groups excluding carboxylic acids is 3. The van der Waals surface area contributed by atoms with Crippen molar-refractivity contribution >= 4 is 17.7 Å². The van der Waals surface area contributed by atoms with Gasteiger partial charge in [0, 0.05) is 38.4 Å². The SMILES string of the molecule is O=C1CCC(=O)N1CCC(=O)N(Cc1cccc(F)c1)C1CC1. The molecule has 2 fully saturated rings. The zero-order valence-corrected chi connectivity index (χ0v) is 12.8. The first-order valence-corrected chi connectivity index (χ1v) is 7.91. The molecule has 1 heterocycles. The number of amides is 3. The fourth-order valence-electron chi connectivity index (χ4n) is 2.86. The van der Waals surface area contributed by atoms with Gasteiger partial charge in [-0.1, -0.05) is 12.1 Å². The molecule has 2 aliphatic rings. The molecule has 1 saturated carbocycles. The van der Waals surface area contributed by atoms with E-state index in [2.05, 4.69) is 0 Å². The summed E-state index contributed by atoms with van der Waals surface area (Å²) >= 11 is 0. The Labute approximate surface area is 134 Å². The van der Waals surface area contributed by atoms with Crippen LogP contribution in [0.4, 0.5) is 4.39 Å². The Hall–Kier alpha value is -2.24. The fourth-order valence-corrected chi connectivity index (χ4v) is 2.86. The molecule has 0 aromatic heterocycles. The second-order valence-electron chi connectivity index (χ2n) is 6.07. The minimum Gasteiger partial charge on any atom is -0.335 e. The predicted octanol–water partition coefficient (Wildman–Crippen LogP) is 1.86. The van der Waals surface area contributed by atoms with Crippen molar-refractivity contribution in [1.82, 2.24) is 9.80 Å². The molecule has 23 heavy (non-hydrogen) atoms. The van der Waals surface area contributed by atoms with E-state index >= 15 is 0 Å². The Morgan fingerprint density at radius 2 is 1.91 bits per heavy atom. The maximum atomic E-state index is 13.3. The van der Waals surface area contributed by atoms with Crippen molar-refractivity contribution in [3.8, 4) is 0 Å². The van der Waals surface area contributed by atoms with Crippen molar-refractivity contribution in [3.63, 3.8) is 0 Å². The molecular weight excluding hydrogens is 299 g/mol. The van der Waals surface area contributed by atoms with Crippen LogP contribution in [0.5, 0.6) is 0 Å². The minimum absolute atomic E-state index is 0.0933. The highest BCUT2D eigenvalue weighted by Crippen LogP contribution is 2.29. The molecule has 1 aromatic carbocycles. The normalized spacial score (nSPS) is 17.7. The van der Waals surface area contributed by atoms with Crippen molar-refractivity contribution in [2.45, 2.75) is 44.7 Å². The van der Waals surface area contributed by atoms with Crippen molar-refractivity contribution in [2.75, 3.05) is 6.54 Å². The maximum absolute atomic E-state index is 13.3. The molecule has 0 unspecified atom stereocenters.